The standard InChI is InChI=1S/C10H18Cl4O3P/c11-5-1-9(2-6-12)16-18(15)17-10(3-7-13)4-8-14/h9-10H,1-8H2/q+1. The van der Waals surface area contributed by atoms with E-state index in [2.05, 4.69) is 0 Å². The third-order valence-electron chi connectivity index (χ3n) is 2.19. The van der Waals surface area contributed by atoms with Crippen molar-refractivity contribution in [3.05, 3.63) is 0 Å². The van der Waals surface area contributed by atoms with Gasteiger partial charge < -0.3 is 0 Å². The Balaban J connectivity index is 4.09. The lowest BCUT2D eigenvalue weighted by atomic mass is 10.2. The van der Waals surface area contributed by atoms with E-state index in [1.54, 1.807) is 0 Å². The lowest BCUT2D eigenvalue weighted by Gasteiger charge is -2.09. The van der Waals surface area contributed by atoms with Gasteiger partial charge in [0.1, 0.15) is 12.2 Å². The molecule has 0 N–H and O–H groups in total. The first-order chi connectivity index (χ1) is 8.67. The van der Waals surface area contributed by atoms with Crippen LogP contribution >= 0.6 is 54.7 Å². The molecule has 0 unspecified atom stereocenters. The van der Waals surface area contributed by atoms with Crippen LogP contribution in [0.15, 0.2) is 0 Å². The highest BCUT2D eigenvalue weighted by Gasteiger charge is 2.30. The Morgan fingerprint density at radius 2 is 1.00 bits per heavy atom. The minimum Gasteiger partial charge on any atom is -0.127 e. The van der Waals surface area contributed by atoms with Gasteiger partial charge in [-0.2, -0.15) is 0 Å². The number of hydrogen-bond donors (Lipinski definition) is 0. The third-order valence-corrected chi connectivity index (χ3v) is 4.01. The van der Waals surface area contributed by atoms with Gasteiger partial charge in [0, 0.05) is 28.1 Å². The van der Waals surface area contributed by atoms with Crippen LogP contribution in [0.3, 0.4) is 0 Å². The van der Waals surface area contributed by atoms with Gasteiger partial charge in [-0.1, -0.05) is 0 Å². The summed E-state index contributed by atoms with van der Waals surface area (Å²) in [4.78, 5) is 0. The van der Waals surface area contributed by atoms with Crippen molar-refractivity contribution in [2.24, 2.45) is 0 Å². The quantitative estimate of drug-likeness (QED) is 0.366. The number of alkyl halides is 4. The van der Waals surface area contributed by atoms with E-state index in [4.69, 9.17) is 55.5 Å². The van der Waals surface area contributed by atoms with Gasteiger partial charge in [0.2, 0.25) is 0 Å². The first kappa shape index (κ1) is 19.2. The molecular weight excluding hydrogens is 341 g/mol. The van der Waals surface area contributed by atoms with Gasteiger partial charge in [0.05, 0.1) is 0 Å². The highest BCUT2D eigenvalue weighted by molar-refractivity contribution is 7.33. The molecule has 0 aromatic rings. The number of rotatable bonds is 12. The minimum absolute atomic E-state index is 0.240. The fourth-order valence-corrected chi connectivity index (χ4v) is 3.19. The van der Waals surface area contributed by atoms with E-state index in [9.17, 15) is 4.57 Å². The summed E-state index contributed by atoms with van der Waals surface area (Å²) in [5.41, 5.74) is 0. The van der Waals surface area contributed by atoms with Crippen LogP contribution < -0.4 is 0 Å². The molecule has 0 heterocycles. The van der Waals surface area contributed by atoms with Crippen LogP contribution in [-0.2, 0) is 13.6 Å². The van der Waals surface area contributed by atoms with Crippen molar-refractivity contribution < 1.29 is 13.6 Å². The van der Waals surface area contributed by atoms with E-state index in [0.717, 1.165) is 0 Å². The van der Waals surface area contributed by atoms with E-state index < -0.39 is 8.25 Å². The Morgan fingerprint density at radius 1 is 0.722 bits per heavy atom. The molecule has 0 aliphatic carbocycles. The molecule has 0 amide bonds. The topological polar surface area (TPSA) is 35.5 Å². The van der Waals surface area contributed by atoms with E-state index >= 15 is 0 Å². The predicted molar refractivity (Wildman–Crippen MR) is 78.7 cm³/mol. The molecule has 0 spiro atoms. The minimum atomic E-state index is -2.19. The molecule has 0 aliphatic heterocycles. The van der Waals surface area contributed by atoms with Crippen molar-refractivity contribution in [3.8, 4) is 0 Å². The van der Waals surface area contributed by atoms with Gasteiger partial charge in [-0.3, -0.25) is 0 Å². The molecule has 108 valence electrons. The van der Waals surface area contributed by atoms with E-state index in [0.29, 0.717) is 49.2 Å². The molecule has 18 heavy (non-hydrogen) atoms. The van der Waals surface area contributed by atoms with E-state index in [1.807, 2.05) is 0 Å². The van der Waals surface area contributed by atoms with Gasteiger partial charge in [-0.15, -0.1) is 55.5 Å². The Labute approximate surface area is 129 Å². The van der Waals surface area contributed by atoms with Crippen molar-refractivity contribution >= 4 is 54.7 Å². The smallest absolute Gasteiger partial charge is 0.127 e. The fraction of sp³-hybridized carbons (Fsp3) is 1.00. The summed E-state index contributed by atoms with van der Waals surface area (Å²) in [6.45, 7) is 0. The molecule has 8 heteroatoms. The Bertz CT molecular complexity index is 189. The molecule has 0 saturated carbocycles. The van der Waals surface area contributed by atoms with Crippen LogP contribution in [-0.4, -0.2) is 35.7 Å². The van der Waals surface area contributed by atoms with Crippen LogP contribution in [0.25, 0.3) is 0 Å². The maximum Gasteiger partial charge on any atom is 0.697 e. The molecule has 0 saturated heterocycles. The number of halogens is 4. The Kier molecular flexibility index (Phi) is 14.0. The van der Waals surface area contributed by atoms with Crippen molar-refractivity contribution in [3.63, 3.8) is 0 Å². The average Bonchev–Trinajstić information content (AvgIpc) is 2.30. The molecule has 0 atom stereocenters. The zero-order valence-electron chi connectivity index (χ0n) is 10.00. The summed E-state index contributed by atoms with van der Waals surface area (Å²) in [5.74, 6) is 1.71. The molecule has 0 aromatic carbocycles. The maximum absolute atomic E-state index is 11.7. The van der Waals surface area contributed by atoms with Crippen LogP contribution in [0, 0.1) is 0 Å². The first-order valence-electron chi connectivity index (χ1n) is 5.72. The normalized spacial score (nSPS) is 11.4. The first-order valence-corrected chi connectivity index (χ1v) is 8.95. The summed E-state index contributed by atoms with van der Waals surface area (Å²) < 4.78 is 22.3. The third kappa shape index (κ3) is 10.0. The van der Waals surface area contributed by atoms with E-state index in [1.165, 1.54) is 0 Å². The average molecular weight is 359 g/mol. The SMILES string of the molecule is O=[P+](OC(CCCl)CCCl)OC(CCCl)CCCl. The predicted octanol–water partition coefficient (Wildman–Crippen LogP) is 4.93. The summed E-state index contributed by atoms with van der Waals surface area (Å²) in [7, 11) is -2.19. The van der Waals surface area contributed by atoms with Gasteiger partial charge in [-0.25, -0.2) is 0 Å². The lowest BCUT2D eigenvalue weighted by Crippen LogP contribution is -2.15. The van der Waals surface area contributed by atoms with Crippen LogP contribution in [0.5, 0.6) is 0 Å². The second-order valence-electron chi connectivity index (χ2n) is 3.59. The van der Waals surface area contributed by atoms with Gasteiger partial charge in [0.15, 0.2) is 0 Å². The monoisotopic (exact) mass is 357 g/mol. The molecular formula is C10H18Cl4O3P+. The molecule has 0 aromatic heterocycles. The molecule has 3 nitrogen and oxygen atoms in total. The molecule has 0 aliphatic rings. The van der Waals surface area contributed by atoms with Gasteiger partial charge in [-0.05, 0) is 25.7 Å². The van der Waals surface area contributed by atoms with Crippen LogP contribution in [0.4, 0.5) is 0 Å². The van der Waals surface area contributed by atoms with Crippen LogP contribution in [0.2, 0.25) is 0 Å². The summed E-state index contributed by atoms with van der Waals surface area (Å²) in [5, 5.41) is 0. The number of hydrogen-bond acceptors (Lipinski definition) is 3. The molecule has 0 fully saturated rings. The molecule has 0 radical (unpaired) electrons. The van der Waals surface area contributed by atoms with E-state index in [-0.39, 0.29) is 12.2 Å². The largest absolute Gasteiger partial charge is 0.697 e. The summed E-state index contributed by atoms with van der Waals surface area (Å²) >= 11 is 22.5. The summed E-state index contributed by atoms with van der Waals surface area (Å²) in [6.07, 6.45) is 1.89. The fourth-order valence-electron chi connectivity index (χ4n) is 1.25. The molecule has 0 bridgehead atoms. The lowest BCUT2D eigenvalue weighted by molar-refractivity contribution is 0.122. The van der Waals surface area contributed by atoms with Crippen LogP contribution in [0.1, 0.15) is 25.7 Å². The van der Waals surface area contributed by atoms with Crippen molar-refractivity contribution in [2.75, 3.05) is 23.5 Å². The van der Waals surface area contributed by atoms with Gasteiger partial charge in [0.25, 0.3) is 0 Å². The Morgan fingerprint density at radius 3 is 1.22 bits per heavy atom. The zero-order chi connectivity index (χ0) is 13.8. The van der Waals surface area contributed by atoms with Gasteiger partial charge >= 0.3 is 8.25 Å². The van der Waals surface area contributed by atoms with Crippen molar-refractivity contribution in [1.29, 1.82) is 0 Å². The maximum atomic E-state index is 11.7. The highest BCUT2D eigenvalue weighted by atomic mass is 35.5. The van der Waals surface area contributed by atoms with Crippen molar-refractivity contribution in [1.82, 2.24) is 0 Å². The van der Waals surface area contributed by atoms with Crippen molar-refractivity contribution in [2.45, 2.75) is 37.9 Å². The second kappa shape index (κ2) is 13.2. The second-order valence-corrected chi connectivity index (χ2v) is 5.97. The Hall–Kier alpha value is 1.18. The highest BCUT2D eigenvalue weighted by Crippen LogP contribution is 2.32. The zero-order valence-corrected chi connectivity index (χ0v) is 13.9. The summed E-state index contributed by atoms with van der Waals surface area (Å²) in [6, 6.07) is 0. The molecule has 0 rings (SSSR count).